The minimum atomic E-state index is -4.41. The fourth-order valence-electron chi connectivity index (χ4n) is 2.25. The van der Waals surface area contributed by atoms with E-state index in [9.17, 15) is 13.2 Å². The van der Waals surface area contributed by atoms with Crippen molar-refractivity contribution in [2.45, 2.75) is 19.3 Å². The molecule has 1 aromatic carbocycles. The Morgan fingerprint density at radius 2 is 1.88 bits per heavy atom. The number of rotatable bonds is 4. The normalized spacial score (nSPS) is 12.6. The Morgan fingerprint density at radius 3 is 2.60 bits per heavy atom. The number of aliphatic imine (C=N–C) groups is 1. The van der Waals surface area contributed by atoms with Gasteiger partial charge >= 0.3 is 6.18 Å². The molecule has 9 heteroatoms. The van der Waals surface area contributed by atoms with Crippen molar-refractivity contribution in [2.24, 2.45) is 4.99 Å². The Kier molecular flexibility index (Phi) is 5.24. The van der Waals surface area contributed by atoms with Crippen LogP contribution >= 0.6 is 22.7 Å². The molecule has 2 heterocycles. The number of alkyl halides is 3. The quantitative estimate of drug-likeness (QED) is 0.522. The van der Waals surface area contributed by atoms with Crippen molar-refractivity contribution in [1.82, 2.24) is 15.6 Å². The number of guanidine groups is 1. The summed E-state index contributed by atoms with van der Waals surface area (Å²) in [4.78, 5) is 7.68. The van der Waals surface area contributed by atoms with Crippen LogP contribution in [0.25, 0.3) is 10.1 Å². The van der Waals surface area contributed by atoms with Gasteiger partial charge in [0.1, 0.15) is 5.01 Å². The molecule has 0 aliphatic carbocycles. The second kappa shape index (κ2) is 7.40. The Hall–Kier alpha value is -2.13. The first kappa shape index (κ1) is 17.7. The van der Waals surface area contributed by atoms with Crippen LogP contribution in [0.5, 0.6) is 0 Å². The molecule has 2 aromatic heterocycles. The predicted octanol–water partition coefficient (Wildman–Crippen LogP) is 4.24. The molecular weight excluding hydrogens is 369 g/mol. The van der Waals surface area contributed by atoms with Crippen LogP contribution in [0.2, 0.25) is 0 Å². The summed E-state index contributed by atoms with van der Waals surface area (Å²) in [6, 6.07) is 8.12. The number of hydrogen-bond donors (Lipinski definition) is 2. The zero-order valence-corrected chi connectivity index (χ0v) is 14.9. The maximum atomic E-state index is 12.6. The highest BCUT2D eigenvalue weighted by Crippen LogP contribution is 2.30. The highest BCUT2D eigenvalue weighted by molar-refractivity contribution is 7.17. The van der Waals surface area contributed by atoms with Gasteiger partial charge in [-0.05, 0) is 22.4 Å². The second-order valence-electron chi connectivity index (χ2n) is 5.16. The lowest BCUT2D eigenvalue weighted by Crippen LogP contribution is -2.36. The van der Waals surface area contributed by atoms with Crippen LogP contribution in [0.4, 0.5) is 13.2 Å². The predicted molar refractivity (Wildman–Crippen MR) is 96.0 cm³/mol. The molecule has 132 valence electrons. The van der Waals surface area contributed by atoms with Gasteiger partial charge in [-0.3, -0.25) is 4.99 Å². The number of fused-ring (bicyclic) bond motifs is 1. The summed E-state index contributed by atoms with van der Waals surface area (Å²) >= 11 is 2.65. The molecule has 0 unspecified atom stereocenters. The molecule has 0 saturated carbocycles. The SMILES string of the molecule is CN=C(NCc1nc(C(F)(F)F)cs1)NCc1csc2ccccc12. The van der Waals surface area contributed by atoms with Gasteiger partial charge < -0.3 is 10.6 Å². The molecule has 0 radical (unpaired) electrons. The maximum Gasteiger partial charge on any atom is 0.434 e. The van der Waals surface area contributed by atoms with Crippen LogP contribution in [-0.2, 0) is 19.3 Å². The second-order valence-corrected chi connectivity index (χ2v) is 7.01. The summed E-state index contributed by atoms with van der Waals surface area (Å²) in [5, 5.41) is 10.8. The van der Waals surface area contributed by atoms with Crippen LogP contribution in [0, 0.1) is 0 Å². The average Bonchev–Trinajstić information content (AvgIpc) is 3.22. The van der Waals surface area contributed by atoms with E-state index < -0.39 is 11.9 Å². The van der Waals surface area contributed by atoms with E-state index in [-0.39, 0.29) is 6.54 Å². The summed E-state index contributed by atoms with van der Waals surface area (Å²) in [5.41, 5.74) is 0.291. The van der Waals surface area contributed by atoms with Gasteiger partial charge in [-0.2, -0.15) is 13.2 Å². The molecule has 0 amide bonds. The average molecular weight is 384 g/mol. The fourth-order valence-corrected chi connectivity index (χ4v) is 3.95. The minimum absolute atomic E-state index is 0.185. The monoisotopic (exact) mass is 384 g/mol. The molecule has 0 bridgehead atoms. The van der Waals surface area contributed by atoms with Crippen molar-refractivity contribution in [3.63, 3.8) is 0 Å². The number of nitrogens with zero attached hydrogens (tertiary/aromatic N) is 2. The molecule has 0 saturated heterocycles. The lowest BCUT2D eigenvalue weighted by Gasteiger charge is -2.10. The topological polar surface area (TPSA) is 49.3 Å². The smallest absolute Gasteiger partial charge is 0.352 e. The molecule has 0 aliphatic heterocycles. The van der Waals surface area contributed by atoms with E-state index >= 15 is 0 Å². The minimum Gasteiger partial charge on any atom is -0.352 e. The fraction of sp³-hybridized carbons (Fsp3) is 0.250. The number of halogens is 3. The zero-order valence-electron chi connectivity index (χ0n) is 13.2. The summed E-state index contributed by atoms with van der Waals surface area (Å²) in [5.74, 6) is 0.513. The van der Waals surface area contributed by atoms with Crippen LogP contribution in [-0.4, -0.2) is 18.0 Å². The van der Waals surface area contributed by atoms with E-state index in [2.05, 4.69) is 38.1 Å². The van der Waals surface area contributed by atoms with Crippen LogP contribution in [0.15, 0.2) is 40.0 Å². The van der Waals surface area contributed by atoms with Crippen LogP contribution in [0.1, 0.15) is 16.3 Å². The third-order valence-corrected chi connectivity index (χ3v) is 5.34. The third kappa shape index (κ3) is 4.29. The maximum absolute atomic E-state index is 12.6. The van der Waals surface area contributed by atoms with Crippen molar-refractivity contribution < 1.29 is 13.2 Å². The first-order chi connectivity index (χ1) is 12.0. The van der Waals surface area contributed by atoms with Gasteiger partial charge in [0.05, 0.1) is 6.54 Å². The first-order valence-electron chi connectivity index (χ1n) is 7.38. The number of thiophene rings is 1. The Morgan fingerprint density at radius 1 is 1.12 bits per heavy atom. The van der Waals surface area contributed by atoms with Crippen molar-refractivity contribution >= 4 is 38.7 Å². The molecule has 0 atom stereocenters. The van der Waals surface area contributed by atoms with Gasteiger partial charge in [0, 0.05) is 23.7 Å². The third-order valence-electron chi connectivity index (χ3n) is 3.48. The lowest BCUT2D eigenvalue weighted by molar-refractivity contribution is -0.140. The van der Waals surface area contributed by atoms with Crippen molar-refractivity contribution in [1.29, 1.82) is 0 Å². The van der Waals surface area contributed by atoms with Crippen LogP contribution in [0.3, 0.4) is 0 Å². The molecule has 2 N–H and O–H groups in total. The van der Waals surface area contributed by atoms with E-state index in [1.54, 1.807) is 18.4 Å². The van der Waals surface area contributed by atoms with E-state index in [0.717, 1.165) is 22.3 Å². The van der Waals surface area contributed by atoms with Gasteiger partial charge in [0.25, 0.3) is 0 Å². The van der Waals surface area contributed by atoms with Crippen molar-refractivity contribution in [2.75, 3.05) is 7.05 Å². The number of hydrogen-bond acceptors (Lipinski definition) is 4. The summed E-state index contributed by atoms with van der Waals surface area (Å²) in [6.07, 6.45) is -4.41. The van der Waals surface area contributed by atoms with E-state index in [4.69, 9.17) is 0 Å². The number of nitrogens with one attached hydrogen (secondary N) is 2. The summed E-state index contributed by atoms with van der Waals surface area (Å²) in [6.45, 7) is 0.764. The zero-order chi connectivity index (χ0) is 17.9. The highest BCUT2D eigenvalue weighted by Gasteiger charge is 2.33. The largest absolute Gasteiger partial charge is 0.434 e. The van der Waals surface area contributed by atoms with Crippen molar-refractivity contribution in [3.05, 3.63) is 51.3 Å². The molecule has 4 nitrogen and oxygen atoms in total. The lowest BCUT2D eigenvalue weighted by atomic mass is 10.2. The standard InChI is InChI=1S/C16H15F3N4S2/c1-20-15(22-7-14-23-13(9-25-14)16(17,18)19)21-6-10-8-24-12-5-3-2-4-11(10)12/h2-5,8-9H,6-7H2,1H3,(H2,20,21,22). The van der Waals surface area contributed by atoms with Gasteiger partial charge in [-0.15, -0.1) is 22.7 Å². The molecule has 0 fully saturated rings. The number of aromatic nitrogens is 1. The number of benzene rings is 1. The molecule has 0 aliphatic rings. The van der Waals surface area contributed by atoms with Gasteiger partial charge in [0.2, 0.25) is 0 Å². The Labute approximate surface area is 150 Å². The molecular formula is C16H15F3N4S2. The van der Waals surface area contributed by atoms with E-state index in [0.29, 0.717) is 17.5 Å². The van der Waals surface area contributed by atoms with E-state index in [1.807, 2.05) is 12.1 Å². The summed E-state index contributed by atoms with van der Waals surface area (Å²) in [7, 11) is 1.62. The van der Waals surface area contributed by atoms with Gasteiger partial charge in [0.15, 0.2) is 11.7 Å². The molecule has 0 spiro atoms. The summed E-state index contributed by atoms with van der Waals surface area (Å²) < 4.78 is 38.9. The Balaban J connectivity index is 1.57. The van der Waals surface area contributed by atoms with Gasteiger partial charge in [-0.1, -0.05) is 18.2 Å². The highest BCUT2D eigenvalue weighted by atomic mass is 32.1. The first-order valence-corrected chi connectivity index (χ1v) is 9.14. The number of thiazole rings is 1. The Bertz CT molecular complexity index is 883. The van der Waals surface area contributed by atoms with E-state index in [1.165, 1.54) is 10.1 Å². The molecule has 25 heavy (non-hydrogen) atoms. The molecule has 3 rings (SSSR count). The van der Waals surface area contributed by atoms with Gasteiger partial charge in [-0.25, -0.2) is 4.98 Å². The van der Waals surface area contributed by atoms with Crippen molar-refractivity contribution in [3.8, 4) is 0 Å². The van der Waals surface area contributed by atoms with Crippen LogP contribution < -0.4 is 10.6 Å². The molecule has 3 aromatic rings.